The maximum absolute atomic E-state index is 12.9. The average Bonchev–Trinajstić information content (AvgIpc) is 2.67. The molecule has 0 radical (unpaired) electrons. The highest BCUT2D eigenvalue weighted by Crippen LogP contribution is 2.35. The fourth-order valence-corrected chi connectivity index (χ4v) is 3.11. The second-order valence-electron chi connectivity index (χ2n) is 3.52. The van der Waals surface area contributed by atoms with Crippen molar-refractivity contribution in [3.05, 3.63) is 48.0 Å². The molecular formula is C13H9FS. The maximum atomic E-state index is 12.9. The minimum absolute atomic E-state index is 0.391. The van der Waals surface area contributed by atoms with Crippen molar-refractivity contribution in [1.29, 1.82) is 0 Å². The summed E-state index contributed by atoms with van der Waals surface area (Å²) < 4.78 is 15.3. The first-order valence-electron chi connectivity index (χ1n) is 4.85. The van der Waals surface area contributed by atoms with E-state index in [1.54, 1.807) is 11.3 Å². The summed E-state index contributed by atoms with van der Waals surface area (Å²) in [7, 11) is 0. The summed E-state index contributed by atoms with van der Waals surface area (Å²) in [6.45, 7) is -0.391. The zero-order valence-electron chi connectivity index (χ0n) is 8.03. The zero-order valence-corrected chi connectivity index (χ0v) is 8.85. The van der Waals surface area contributed by atoms with Crippen LogP contribution in [0.2, 0.25) is 0 Å². The number of benzene rings is 2. The summed E-state index contributed by atoms with van der Waals surface area (Å²) in [4.78, 5) is 0. The Morgan fingerprint density at radius 3 is 2.60 bits per heavy atom. The van der Waals surface area contributed by atoms with Gasteiger partial charge < -0.3 is 0 Å². The van der Waals surface area contributed by atoms with Crippen LogP contribution >= 0.6 is 11.3 Å². The first kappa shape index (κ1) is 8.86. The van der Waals surface area contributed by atoms with Crippen LogP contribution in [0, 0.1) is 0 Å². The minimum atomic E-state index is -0.391. The van der Waals surface area contributed by atoms with Crippen LogP contribution < -0.4 is 0 Å². The molecule has 0 aliphatic carbocycles. The van der Waals surface area contributed by atoms with Crippen molar-refractivity contribution in [3.63, 3.8) is 0 Å². The van der Waals surface area contributed by atoms with E-state index in [1.165, 1.54) is 14.8 Å². The molecule has 0 atom stereocenters. The van der Waals surface area contributed by atoms with Gasteiger partial charge in [-0.3, -0.25) is 0 Å². The van der Waals surface area contributed by atoms with Crippen LogP contribution in [0.25, 0.3) is 20.2 Å². The summed E-state index contributed by atoms with van der Waals surface area (Å²) >= 11 is 1.72. The van der Waals surface area contributed by atoms with Gasteiger partial charge in [0.05, 0.1) is 0 Å². The number of halogens is 1. The smallest absolute Gasteiger partial charge is 0.115 e. The zero-order chi connectivity index (χ0) is 10.3. The molecule has 0 bridgehead atoms. The Labute approximate surface area is 91.0 Å². The van der Waals surface area contributed by atoms with Gasteiger partial charge in [-0.2, -0.15) is 0 Å². The van der Waals surface area contributed by atoms with E-state index in [-0.39, 0.29) is 0 Å². The van der Waals surface area contributed by atoms with Crippen LogP contribution in [-0.4, -0.2) is 0 Å². The molecular weight excluding hydrogens is 207 g/mol. The third-order valence-corrected chi connectivity index (χ3v) is 3.77. The maximum Gasteiger partial charge on any atom is 0.115 e. The molecule has 0 amide bonds. The average molecular weight is 216 g/mol. The van der Waals surface area contributed by atoms with E-state index in [1.807, 2.05) is 24.3 Å². The van der Waals surface area contributed by atoms with Crippen molar-refractivity contribution in [3.8, 4) is 0 Å². The highest BCUT2D eigenvalue weighted by Gasteiger charge is 2.07. The lowest BCUT2D eigenvalue weighted by atomic mass is 10.1. The predicted molar refractivity (Wildman–Crippen MR) is 64.1 cm³/mol. The molecule has 0 saturated carbocycles. The Kier molecular flexibility index (Phi) is 1.96. The van der Waals surface area contributed by atoms with Crippen molar-refractivity contribution in [2.24, 2.45) is 0 Å². The first-order chi connectivity index (χ1) is 7.40. The fraction of sp³-hybridized carbons (Fsp3) is 0.0769. The van der Waals surface area contributed by atoms with Crippen LogP contribution in [0.3, 0.4) is 0 Å². The van der Waals surface area contributed by atoms with Gasteiger partial charge in [0.25, 0.3) is 0 Å². The SMILES string of the molecule is FCc1cccc2sc3ccccc3c12. The molecule has 15 heavy (non-hydrogen) atoms. The standard InChI is InChI=1S/C13H9FS/c14-8-9-4-3-7-12-13(9)10-5-1-2-6-11(10)15-12/h1-7H,8H2. The Bertz CT molecular complexity index is 625. The fourth-order valence-electron chi connectivity index (χ4n) is 1.96. The topological polar surface area (TPSA) is 0 Å². The van der Waals surface area contributed by atoms with Gasteiger partial charge in [0.2, 0.25) is 0 Å². The lowest BCUT2D eigenvalue weighted by Crippen LogP contribution is -1.78. The van der Waals surface area contributed by atoms with Gasteiger partial charge in [-0.25, -0.2) is 4.39 Å². The summed E-state index contributed by atoms with van der Waals surface area (Å²) in [6.07, 6.45) is 0. The lowest BCUT2D eigenvalue weighted by molar-refractivity contribution is 0.488. The second-order valence-corrected chi connectivity index (χ2v) is 4.61. The number of fused-ring (bicyclic) bond motifs is 3. The van der Waals surface area contributed by atoms with E-state index in [2.05, 4.69) is 18.2 Å². The molecule has 0 aliphatic heterocycles. The van der Waals surface area contributed by atoms with Crippen molar-refractivity contribution < 1.29 is 4.39 Å². The number of hydrogen-bond donors (Lipinski definition) is 0. The van der Waals surface area contributed by atoms with Gasteiger partial charge in [-0.1, -0.05) is 30.3 Å². The molecule has 74 valence electrons. The highest BCUT2D eigenvalue weighted by molar-refractivity contribution is 7.25. The minimum Gasteiger partial charge on any atom is -0.246 e. The molecule has 0 unspecified atom stereocenters. The molecule has 1 heterocycles. The molecule has 3 rings (SSSR count). The van der Waals surface area contributed by atoms with Crippen LogP contribution in [0.1, 0.15) is 5.56 Å². The Hall–Kier alpha value is -1.41. The first-order valence-corrected chi connectivity index (χ1v) is 5.67. The highest BCUT2D eigenvalue weighted by atomic mass is 32.1. The van der Waals surface area contributed by atoms with Gasteiger partial charge in [0.1, 0.15) is 6.67 Å². The van der Waals surface area contributed by atoms with E-state index in [4.69, 9.17) is 0 Å². The third kappa shape index (κ3) is 1.25. The number of rotatable bonds is 1. The van der Waals surface area contributed by atoms with Crippen LogP contribution in [0.4, 0.5) is 4.39 Å². The number of thiophene rings is 1. The number of alkyl halides is 1. The Balaban J connectivity index is 2.56. The summed E-state index contributed by atoms with van der Waals surface area (Å²) in [6, 6.07) is 14.0. The van der Waals surface area contributed by atoms with E-state index >= 15 is 0 Å². The molecule has 1 aromatic heterocycles. The van der Waals surface area contributed by atoms with E-state index in [9.17, 15) is 4.39 Å². The van der Waals surface area contributed by atoms with Gasteiger partial charge in [0.15, 0.2) is 0 Å². The second kappa shape index (κ2) is 3.31. The van der Waals surface area contributed by atoms with Crippen LogP contribution in [0.5, 0.6) is 0 Å². The Morgan fingerprint density at radius 2 is 1.73 bits per heavy atom. The monoisotopic (exact) mass is 216 g/mol. The van der Waals surface area contributed by atoms with E-state index in [0.29, 0.717) is 0 Å². The summed E-state index contributed by atoms with van der Waals surface area (Å²) in [5, 5.41) is 2.26. The van der Waals surface area contributed by atoms with Gasteiger partial charge in [0, 0.05) is 20.2 Å². The summed E-state index contributed by atoms with van der Waals surface area (Å²) in [5.41, 5.74) is 0.796. The van der Waals surface area contributed by atoms with Crippen molar-refractivity contribution in [2.45, 2.75) is 6.67 Å². The molecule has 3 aromatic rings. The predicted octanol–water partition coefficient (Wildman–Crippen LogP) is 4.52. The van der Waals surface area contributed by atoms with Gasteiger partial charge in [-0.15, -0.1) is 11.3 Å². The molecule has 0 fully saturated rings. The molecule has 2 heteroatoms. The molecule has 0 nitrogen and oxygen atoms in total. The molecule has 0 N–H and O–H groups in total. The van der Waals surface area contributed by atoms with Crippen LogP contribution in [0.15, 0.2) is 42.5 Å². The van der Waals surface area contributed by atoms with Gasteiger partial charge >= 0.3 is 0 Å². The molecule has 2 aromatic carbocycles. The lowest BCUT2D eigenvalue weighted by Gasteiger charge is -1.97. The summed E-state index contributed by atoms with van der Waals surface area (Å²) in [5.74, 6) is 0. The Morgan fingerprint density at radius 1 is 0.933 bits per heavy atom. The molecule has 0 saturated heterocycles. The van der Waals surface area contributed by atoms with Crippen molar-refractivity contribution >= 4 is 31.5 Å². The number of hydrogen-bond acceptors (Lipinski definition) is 1. The van der Waals surface area contributed by atoms with Crippen molar-refractivity contribution in [1.82, 2.24) is 0 Å². The van der Waals surface area contributed by atoms with Crippen molar-refractivity contribution in [2.75, 3.05) is 0 Å². The normalized spacial score (nSPS) is 11.3. The molecule has 0 spiro atoms. The van der Waals surface area contributed by atoms with E-state index in [0.717, 1.165) is 10.9 Å². The largest absolute Gasteiger partial charge is 0.246 e. The third-order valence-electron chi connectivity index (χ3n) is 2.63. The van der Waals surface area contributed by atoms with E-state index < -0.39 is 6.67 Å². The quantitative estimate of drug-likeness (QED) is 0.561. The molecule has 0 aliphatic rings. The van der Waals surface area contributed by atoms with Crippen LogP contribution in [-0.2, 0) is 6.67 Å². The van der Waals surface area contributed by atoms with Gasteiger partial charge in [-0.05, 0) is 17.7 Å².